The van der Waals surface area contributed by atoms with Crippen LogP contribution in [0.2, 0.25) is 0 Å². The van der Waals surface area contributed by atoms with Crippen molar-refractivity contribution in [3.05, 3.63) is 84.8 Å². The monoisotopic (exact) mass is 284 g/mol. The van der Waals surface area contributed by atoms with Crippen molar-refractivity contribution >= 4 is 10.9 Å². The van der Waals surface area contributed by atoms with E-state index in [-0.39, 0.29) is 0 Å². The summed E-state index contributed by atoms with van der Waals surface area (Å²) in [7, 11) is 0. The van der Waals surface area contributed by atoms with E-state index in [1.165, 1.54) is 27.6 Å². The second kappa shape index (κ2) is 5.15. The van der Waals surface area contributed by atoms with Crippen molar-refractivity contribution in [1.29, 1.82) is 0 Å². The van der Waals surface area contributed by atoms with E-state index >= 15 is 0 Å². The molecule has 0 amide bonds. The lowest BCUT2D eigenvalue weighted by molar-refractivity contribution is 1.10. The summed E-state index contributed by atoms with van der Waals surface area (Å²) >= 11 is 0. The Morgan fingerprint density at radius 1 is 0.864 bits per heavy atom. The molecule has 4 aromatic rings. The van der Waals surface area contributed by atoms with Gasteiger partial charge >= 0.3 is 0 Å². The zero-order valence-corrected chi connectivity index (χ0v) is 12.4. The van der Waals surface area contributed by atoms with E-state index in [1.54, 1.807) is 6.20 Å². The van der Waals surface area contributed by atoms with Gasteiger partial charge in [-0.05, 0) is 48.4 Å². The number of fused-ring (bicyclic) bond motifs is 1. The van der Waals surface area contributed by atoms with Crippen molar-refractivity contribution in [2.45, 2.75) is 6.92 Å². The summed E-state index contributed by atoms with van der Waals surface area (Å²) in [5.74, 6) is 0. The van der Waals surface area contributed by atoms with Gasteiger partial charge in [0.2, 0.25) is 0 Å². The first-order valence-electron chi connectivity index (χ1n) is 7.40. The molecular weight excluding hydrogens is 268 g/mol. The first-order valence-corrected chi connectivity index (χ1v) is 7.40. The Kier molecular flexibility index (Phi) is 3.01. The Morgan fingerprint density at radius 3 is 2.45 bits per heavy atom. The SMILES string of the molecule is Cc1ccc(-c2ccc3c(ccn3-c3cccnc3)c2)cc1. The number of pyridine rings is 1. The van der Waals surface area contributed by atoms with Crippen molar-refractivity contribution in [2.75, 3.05) is 0 Å². The highest BCUT2D eigenvalue weighted by Gasteiger charge is 2.05. The fraction of sp³-hybridized carbons (Fsp3) is 0.0500. The Balaban J connectivity index is 1.82. The molecule has 0 fully saturated rings. The van der Waals surface area contributed by atoms with Crippen LogP contribution in [0.25, 0.3) is 27.7 Å². The Labute approximate surface area is 129 Å². The van der Waals surface area contributed by atoms with Gasteiger partial charge in [-0.15, -0.1) is 0 Å². The minimum atomic E-state index is 1.08. The van der Waals surface area contributed by atoms with E-state index in [0.29, 0.717) is 0 Å². The molecule has 2 heteroatoms. The van der Waals surface area contributed by atoms with Crippen LogP contribution in [0.5, 0.6) is 0 Å². The number of benzene rings is 2. The Morgan fingerprint density at radius 2 is 1.68 bits per heavy atom. The molecule has 0 aliphatic heterocycles. The van der Waals surface area contributed by atoms with Crippen molar-refractivity contribution in [3.63, 3.8) is 0 Å². The molecule has 0 atom stereocenters. The van der Waals surface area contributed by atoms with Gasteiger partial charge in [0, 0.05) is 17.8 Å². The first-order chi connectivity index (χ1) is 10.8. The fourth-order valence-electron chi connectivity index (χ4n) is 2.79. The van der Waals surface area contributed by atoms with E-state index in [1.807, 2.05) is 12.3 Å². The molecule has 0 unspecified atom stereocenters. The highest BCUT2D eigenvalue weighted by molar-refractivity contribution is 5.87. The van der Waals surface area contributed by atoms with E-state index < -0.39 is 0 Å². The third-order valence-electron chi connectivity index (χ3n) is 4.00. The smallest absolute Gasteiger partial charge is 0.0639 e. The molecule has 2 aromatic heterocycles. The van der Waals surface area contributed by atoms with Gasteiger partial charge in [0.1, 0.15) is 0 Å². The molecule has 0 saturated carbocycles. The topological polar surface area (TPSA) is 17.8 Å². The highest BCUT2D eigenvalue weighted by Crippen LogP contribution is 2.27. The largest absolute Gasteiger partial charge is 0.315 e. The molecular formula is C20H16N2. The van der Waals surface area contributed by atoms with Crippen LogP contribution in [0, 0.1) is 6.92 Å². The van der Waals surface area contributed by atoms with Crippen LogP contribution < -0.4 is 0 Å². The van der Waals surface area contributed by atoms with E-state index in [4.69, 9.17) is 0 Å². The Hall–Kier alpha value is -2.87. The van der Waals surface area contributed by atoms with Crippen LogP contribution in [0.1, 0.15) is 5.56 Å². The average Bonchev–Trinajstić information content (AvgIpc) is 2.99. The molecule has 2 heterocycles. The molecule has 0 aliphatic rings. The van der Waals surface area contributed by atoms with E-state index in [2.05, 4.69) is 77.3 Å². The summed E-state index contributed by atoms with van der Waals surface area (Å²) in [4.78, 5) is 4.20. The summed E-state index contributed by atoms with van der Waals surface area (Å²) in [6.07, 6.45) is 5.78. The predicted molar refractivity (Wildman–Crippen MR) is 91.2 cm³/mol. The van der Waals surface area contributed by atoms with Crippen LogP contribution in [0.3, 0.4) is 0 Å². The number of nitrogens with zero attached hydrogens (tertiary/aromatic N) is 2. The molecule has 0 saturated heterocycles. The summed E-state index contributed by atoms with van der Waals surface area (Å²) in [6, 6.07) is 21.4. The number of hydrogen-bond acceptors (Lipinski definition) is 1. The second-order valence-electron chi connectivity index (χ2n) is 5.54. The summed E-state index contributed by atoms with van der Waals surface area (Å²) < 4.78 is 2.17. The molecule has 22 heavy (non-hydrogen) atoms. The molecule has 0 aliphatic carbocycles. The van der Waals surface area contributed by atoms with Gasteiger partial charge in [-0.2, -0.15) is 0 Å². The quantitative estimate of drug-likeness (QED) is 0.506. The molecule has 2 nitrogen and oxygen atoms in total. The average molecular weight is 284 g/mol. The maximum absolute atomic E-state index is 4.20. The lowest BCUT2D eigenvalue weighted by Crippen LogP contribution is -1.91. The number of aryl methyl sites for hydroxylation is 1. The van der Waals surface area contributed by atoms with Gasteiger partial charge in [0.15, 0.2) is 0 Å². The molecule has 0 spiro atoms. The molecule has 106 valence electrons. The van der Waals surface area contributed by atoms with Crippen molar-refractivity contribution in [1.82, 2.24) is 9.55 Å². The van der Waals surface area contributed by atoms with E-state index in [9.17, 15) is 0 Å². The molecule has 2 aromatic carbocycles. The van der Waals surface area contributed by atoms with Crippen LogP contribution in [0.15, 0.2) is 79.3 Å². The maximum atomic E-state index is 4.20. The zero-order chi connectivity index (χ0) is 14.9. The fourth-order valence-corrected chi connectivity index (χ4v) is 2.79. The van der Waals surface area contributed by atoms with Gasteiger partial charge in [0.25, 0.3) is 0 Å². The van der Waals surface area contributed by atoms with Gasteiger partial charge in [-0.25, -0.2) is 0 Å². The van der Waals surface area contributed by atoms with E-state index in [0.717, 1.165) is 5.69 Å². The van der Waals surface area contributed by atoms with Gasteiger partial charge in [0.05, 0.1) is 17.4 Å². The normalized spacial score (nSPS) is 11.0. The summed E-state index contributed by atoms with van der Waals surface area (Å²) in [6.45, 7) is 2.11. The minimum Gasteiger partial charge on any atom is -0.315 e. The molecule has 0 radical (unpaired) electrons. The molecule has 4 rings (SSSR count). The van der Waals surface area contributed by atoms with Gasteiger partial charge in [-0.1, -0.05) is 35.9 Å². The van der Waals surface area contributed by atoms with Crippen LogP contribution >= 0.6 is 0 Å². The van der Waals surface area contributed by atoms with Crippen LogP contribution in [-0.4, -0.2) is 9.55 Å². The maximum Gasteiger partial charge on any atom is 0.0639 e. The third kappa shape index (κ3) is 2.19. The van der Waals surface area contributed by atoms with Crippen LogP contribution in [-0.2, 0) is 0 Å². The minimum absolute atomic E-state index is 1.08. The third-order valence-corrected chi connectivity index (χ3v) is 4.00. The zero-order valence-electron chi connectivity index (χ0n) is 12.4. The lowest BCUT2D eigenvalue weighted by Gasteiger charge is -2.06. The first kappa shape index (κ1) is 12.8. The van der Waals surface area contributed by atoms with Crippen molar-refractivity contribution < 1.29 is 0 Å². The summed E-state index contributed by atoms with van der Waals surface area (Å²) in [5.41, 5.74) is 6.06. The van der Waals surface area contributed by atoms with Crippen molar-refractivity contribution in [2.24, 2.45) is 0 Å². The predicted octanol–water partition coefficient (Wildman–Crippen LogP) is 5.00. The van der Waals surface area contributed by atoms with Crippen LogP contribution in [0.4, 0.5) is 0 Å². The van der Waals surface area contributed by atoms with Crippen molar-refractivity contribution in [3.8, 4) is 16.8 Å². The van der Waals surface area contributed by atoms with Gasteiger partial charge in [-0.3, -0.25) is 4.98 Å². The summed E-state index contributed by atoms with van der Waals surface area (Å²) in [5, 5.41) is 1.24. The Bertz CT molecular complexity index is 919. The number of rotatable bonds is 2. The molecule has 0 N–H and O–H groups in total. The van der Waals surface area contributed by atoms with Gasteiger partial charge < -0.3 is 4.57 Å². The number of hydrogen-bond donors (Lipinski definition) is 0. The lowest BCUT2D eigenvalue weighted by atomic mass is 10.0. The second-order valence-corrected chi connectivity index (χ2v) is 5.54. The molecule has 0 bridgehead atoms. The highest BCUT2D eigenvalue weighted by atomic mass is 15.0. The number of aromatic nitrogens is 2. The standard InChI is InChI=1S/C20H16N2/c1-15-4-6-16(7-5-15)17-8-9-20-18(13-17)10-12-22(20)19-3-2-11-21-14-19/h2-14H,1H3.